The summed E-state index contributed by atoms with van der Waals surface area (Å²) in [5.41, 5.74) is 1.05. The van der Waals surface area contributed by atoms with Crippen LogP contribution in [0.3, 0.4) is 0 Å². The predicted octanol–water partition coefficient (Wildman–Crippen LogP) is 1.60. The van der Waals surface area contributed by atoms with Crippen molar-refractivity contribution in [3.05, 3.63) is 29.8 Å². The minimum Gasteiger partial charge on any atom is -0.508 e. The molecule has 1 heterocycles. The number of phenolic OH excluding ortho intramolecular Hbond substituents is 1. The highest BCUT2D eigenvalue weighted by atomic mass is 35.5. The number of hydrogen-bond acceptors (Lipinski definition) is 3. The molecule has 2 rings (SSSR count). The van der Waals surface area contributed by atoms with Crippen LogP contribution in [-0.4, -0.2) is 22.9 Å². The first-order valence-electron chi connectivity index (χ1n) is 4.96. The lowest BCUT2D eigenvalue weighted by atomic mass is 9.95. The summed E-state index contributed by atoms with van der Waals surface area (Å²) in [7, 11) is 0. The standard InChI is InChI=1S/C11H15NO2.ClH/c13-9-3-1-2-8(6-9)11-7-10(14)4-5-12-11;/h1-3,6,10-14H,4-5,7H2;1H. The summed E-state index contributed by atoms with van der Waals surface area (Å²) in [6.45, 7) is 0.835. The molecule has 1 aromatic carbocycles. The average molecular weight is 230 g/mol. The molecule has 1 aliphatic heterocycles. The molecular formula is C11H16ClNO2. The second kappa shape index (κ2) is 5.35. The van der Waals surface area contributed by atoms with Gasteiger partial charge in [-0.2, -0.15) is 0 Å². The van der Waals surface area contributed by atoms with E-state index in [1.807, 2.05) is 12.1 Å². The monoisotopic (exact) mass is 229 g/mol. The Labute approximate surface area is 95.5 Å². The third-order valence-electron chi connectivity index (χ3n) is 2.65. The summed E-state index contributed by atoms with van der Waals surface area (Å²) >= 11 is 0. The molecule has 1 aromatic rings. The predicted molar refractivity (Wildman–Crippen MR) is 61.3 cm³/mol. The first-order chi connectivity index (χ1) is 6.75. The van der Waals surface area contributed by atoms with Crippen molar-refractivity contribution in [1.29, 1.82) is 0 Å². The number of aromatic hydroxyl groups is 1. The summed E-state index contributed by atoms with van der Waals surface area (Å²) < 4.78 is 0. The molecule has 15 heavy (non-hydrogen) atoms. The number of nitrogens with one attached hydrogen (secondary N) is 1. The molecule has 1 saturated heterocycles. The van der Waals surface area contributed by atoms with Crippen LogP contribution in [-0.2, 0) is 0 Å². The van der Waals surface area contributed by atoms with Crippen LogP contribution < -0.4 is 5.32 Å². The van der Waals surface area contributed by atoms with Crippen molar-refractivity contribution in [3.8, 4) is 5.75 Å². The van der Waals surface area contributed by atoms with Crippen LogP contribution in [0.5, 0.6) is 5.75 Å². The van der Waals surface area contributed by atoms with Crippen molar-refractivity contribution >= 4 is 12.4 Å². The van der Waals surface area contributed by atoms with E-state index >= 15 is 0 Å². The van der Waals surface area contributed by atoms with Crippen LogP contribution >= 0.6 is 12.4 Å². The lowest BCUT2D eigenvalue weighted by Crippen LogP contribution is -2.34. The Balaban J connectivity index is 0.00000112. The summed E-state index contributed by atoms with van der Waals surface area (Å²) in [5, 5.41) is 22.1. The molecule has 1 aliphatic rings. The van der Waals surface area contributed by atoms with E-state index in [2.05, 4.69) is 5.32 Å². The number of piperidine rings is 1. The van der Waals surface area contributed by atoms with E-state index in [0.717, 1.165) is 24.9 Å². The maximum atomic E-state index is 9.51. The minimum absolute atomic E-state index is 0. The van der Waals surface area contributed by atoms with E-state index in [-0.39, 0.29) is 30.3 Å². The quantitative estimate of drug-likeness (QED) is 0.686. The van der Waals surface area contributed by atoms with Crippen LogP contribution in [0.15, 0.2) is 24.3 Å². The Morgan fingerprint density at radius 3 is 2.80 bits per heavy atom. The Morgan fingerprint density at radius 1 is 1.33 bits per heavy atom. The Kier molecular flexibility index (Phi) is 4.39. The molecule has 3 nitrogen and oxygen atoms in total. The van der Waals surface area contributed by atoms with Crippen LogP contribution in [0.25, 0.3) is 0 Å². The number of hydrogen-bond donors (Lipinski definition) is 3. The summed E-state index contributed by atoms with van der Waals surface area (Å²) in [5.74, 6) is 0.282. The Bertz CT molecular complexity index is 319. The summed E-state index contributed by atoms with van der Waals surface area (Å²) in [6.07, 6.45) is 1.32. The van der Waals surface area contributed by atoms with E-state index in [0.29, 0.717) is 0 Å². The van der Waals surface area contributed by atoms with Gasteiger partial charge in [0.2, 0.25) is 0 Å². The number of aliphatic hydroxyl groups is 1. The van der Waals surface area contributed by atoms with E-state index in [4.69, 9.17) is 0 Å². The van der Waals surface area contributed by atoms with Gasteiger partial charge in [-0.1, -0.05) is 12.1 Å². The molecule has 0 saturated carbocycles. The van der Waals surface area contributed by atoms with E-state index < -0.39 is 0 Å². The fraction of sp³-hybridized carbons (Fsp3) is 0.455. The molecule has 0 amide bonds. The highest BCUT2D eigenvalue weighted by Gasteiger charge is 2.20. The van der Waals surface area contributed by atoms with Crippen molar-refractivity contribution < 1.29 is 10.2 Å². The molecule has 3 N–H and O–H groups in total. The molecule has 0 spiro atoms. The molecule has 2 atom stereocenters. The largest absolute Gasteiger partial charge is 0.508 e. The Morgan fingerprint density at radius 2 is 2.13 bits per heavy atom. The van der Waals surface area contributed by atoms with Crippen LogP contribution in [0.4, 0.5) is 0 Å². The Hall–Kier alpha value is -0.770. The van der Waals surface area contributed by atoms with E-state index in [9.17, 15) is 10.2 Å². The molecule has 0 radical (unpaired) electrons. The van der Waals surface area contributed by atoms with Crippen molar-refractivity contribution in [2.75, 3.05) is 6.54 Å². The van der Waals surface area contributed by atoms with Gasteiger partial charge in [-0.25, -0.2) is 0 Å². The van der Waals surface area contributed by atoms with Crippen molar-refractivity contribution in [2.45, 2.75) is 25.0 Å². The molecule has 0 aromatic heterocycles. The fourth-order valence-corrected chi connectivity index (χ4v) is 1.89. The SMILES string of the molecule is Cl.Oc1cccc(C2CC(O)CCN2)c1. The fourth-order valence-electron chi connectivity index (χ4n) is 1.89. The minimum atomic E-state index is -0.219. The first-order valence-corrected chi connectivity index (χ1v) is 4.96. The third kappa shape index (κ3) is 3.09. The molecule has 0 aliphatic carbocycles. The molecule has 84 valence electrons. The van der Waals surface area contributed by atoms with Gasteiger partial charge in [0.25, 0.3) is 0 Å². The molecule has 4 heteroatoms. The lowest BCUT2D eigenvalue weighted by molar-refractivity contribution is 0.116. The second-order valence-electron chi connectivity index (χ2n) is 3.78. The van der Waals surface area contributed by atoms with Crippen LogP contribution in [0.2, 0.25) is 0 Å². The molecule has 1 fully saturated rings. The molecule has 0 bridgehead atoms. The maximum Gasteiger partial charge on any atom is 0.115 e. The maximum absolute atomic E-state index is 9.51. The number of rotatable bonds is 1. The van der Waals surface area contributed by atoms with Crippen LogP contribution in [0, 0.1) is 0 Å². The number of phenols is 1. The van der Waals surface area contributed by atoms with Gasteiger partial charge in [0.05, 0.1) is 6.10 Å². The zero-order chi connectivity index (χ0) is 9.97. The smallest absolute Gasteiger partial charge is 0.115 e. The van der Waals surface area contributed by atoms with Gasteiger partial charge in [-0.3, -0.25) is 0 Å². The van der Waals surface area contributed by atoms with Crippen molar-refractivity contribution in [2.24, 2.45) is 0 Å². The van der Waals surface area contributed by atoms with Gasteiger partial charge in [0.1, 0.15) is 5.75 Å². The summed E-state index contributed by atoms with van der Waals surface area (Å²) in [6, 6.07) is 7.37. The second-order valence-corrected chi connectivity index (χ2v) is 3.78. The van der Waals surface area contributed by atoms with Gasteiger partial charge in [0.15, 0.2) is 0 Å². The lowest BCUT2D eigenvalue weighted by Gasteiger charge is -2.27. The van der Waals surface area contributed by atoms with E-state index in [1.165, 1.54) is 0 Å². The summed E-state index contributed by atoms with van der Waals surface area (Å²) in [4.78, 5) is 0. The van der Waals surface area contributed by atoms with E-state index in [1.54, 1.807) is 12.1 Å². The third-order valence-corrected chi connectivity index (χ3v) is 2.65. The number of benzene rings is 1. The van der Waals surface area contributed by atoms with Gasteiger partial charge in [-0.05, 0) is 37.1 Å². The molecule has 2 unspecified atom stereocenters. The van der Waals surface area contributed by atoms with Gasteiger partial charge >= 0.3 is 0 Å². The van der Waals surface area contributed by atoms with Gasteiger partial charge in [0, 0.05) is 6.04 Å². The van der Waals surface area contributed by atoms with Crippen LogP contribution in [0.1, 0.15) is 24.4 Å². The number of aliphatic hydroxyl groups excluding tert-OH is 1. The highest BCUT2D eigenvalue weighted by molar-refractivity contribution is 5.85. The zero-order valence-corrected chi connectivity index (χ0v) is 9.20. The topological polar surface area (TPSA) is 52.5 Å². The van der Waals surface area contributed by atoms with Gasteiger partial charge in [-0.15, -0.1) is 12.4 Å². The van der Waals surface area contributed by atoms with Crippen molar-refractivity contribution in [1.82, 2.24) is 5.32 Å². The number of halogens is 1. The molecular weight excluding hydrogens is 214 g/mol. The normalized spacial score (nSPS) is 25.7. The highest BCUT2D eigenvalue weighted by Crippen LogP contribution is 2.25. The van der Waals surface area contributed by atoms with Gasteiger partial charge < -0.3 is 15.5 Å². The zero-order valence-electron chi connectivity index (χ0n) is 8.39. The average Bonchev–Trinajstić information content (AvgIpc) is 2.18. The van der Waals surface area contributed by atoms with Crippen molar-refractivity contribution in [3.63, 3.8) is 0 Å². The first kappa shape index (κ1) is 12.3.